The van der Waals surface area contributed by atoms with E-state index < -0.39 is 5.60 Å². The molecule has 6 nitrogen and oxygen atoms in total. The number of aromatic nitrogens is 2. The monoisotopic (exact) mass is 334 g/mol. The second-order valence-corrected chi connectivity index (χ2v) is 6.18. The second-order valence-electron chi connectivity index (χ2n) is 5.77. The van der Waals surface area contributed by atoms with Crippen molar-refractivity contribution in [3.63, 3.8) is 0 Å². The summed E-state index contributed by atoms with van der Waals surface area (Å²) < 4.78 is 1.60. The lowest BCUT2D eigenvalue weighted by atomic mass is 9.84. The predicted octanol–water partition coefficient (Wildman–Crippen LogP) is 2.59. The van der Waals surface area contributed by atoms with Crippen LogP contribution in [0.3, 0.4) is 0 Å². The van der Waals surface area contributed by atoms with Crippen molar-refractivity contribution in [1.82, 2.24) is 14.7 Å². The molecule has 0 spiro atoms. The van der Waals surface area contributed by atoms with Crippen LogP contribution in [-0.2, 0) is 12.6 Å². The molecule has 0 saturated carbocycles. The van der Waals surface area contributed by atoms with E-state index in [4.69, 9.17) is 11.6 Å². The first-order chi connectivity index (χ1) is 11.0. The van der Waals surface area contributed by atoms with Gasteiger partial charge in [-0.1, -0.05) is 29.8 Å². The third-order valence-electron chi connectivity index (χ3n) is 4.31. The Morgan fingerprint density at radius 1 is 1.30 bits per heavy atom. The maximum Gasteiger partial charge on any atom is 0.323 e. The molecule has 1 aliphatic heterocycles. The van der Waals surface area contributed by atoms with E-state index in [1.54, 1.807) is 35.0 Å². The number of rotatable bonds is 2. The van der Waals surface area contributed by atoms with Crippen molar-refractivity contribution in [2.45, 2.75) is 18.4 Å². The van der Waals surface area contributed by atoms with Gasteiger partial charge in [-0.05, 0) is 18.9 Å². The Balaban J connectivity index is 1.65. The van der Waals surface area contributed by atoms with E-state index in [9.17, 15) is 9.90 Å². The van der Waals surface area contributed by atoms with Gasteiger partial charge in [-0.15, -0.1) is 0 Å². The van der Waals surface area contributed by atoms with E-state index in [-0.39, 0.29) is 6.03 Å². The zero-order chi connectivity index (χ0) is 16.4. The molecule has 1 fully saturated rings. The zero-order valence-electron chi connectivity index (χ0n) is 12.9. The van der Waals surface area contributed by atoms with Crippen LogP contribution in [0.2, 0.25) is 5.02 Å². The summed E-state index contributed by atoms with van der Waals surface area (Å²) in [5.41, 5.74) is -0.255. The Hall–Kier alpha value is -2.05. The highest BCUT2D eigenvalue weighted by Gasteiger charge is 2.36. The lowest BCUT2D eigenvalue weighted by Gasteiger charge is -2.38. The number of piperidine rings is 1. The minimum absolute atomic E-state index is 0.185. The smallest absolute Gasteiger partial charge is 0.323 e. The van der Waals surface area contributed by atoms with E-state index in [2.05, 4.69) is 10.4 Å². The molecule has 2 aromatic rings. The van der Waals surface area contributed by atoms with Crippen molar-refractivity contribution in [2.75, 3.05) is 18.4 Å². The quantitative estimate of drug-likeness (QED) is 0.886. The fourth-order valence-corrected chi connectivity index (χ4v) is 3.18. The van der Waals surface area contributed by atoms with Crippen molar-refractivity contribution >= 4 is 23.4 Å². The third-order valence-corrected chi connectivity index (χ3v) is 4.64. The molecule has 2 N–H and O–H groups in total. The average Bonchev–Trinajstić information content (AvgIpc) is 2.93. The number of aliphatic hydroxyl groups is 1. The lowest BCUT2D eigenvalue weighted by molar-refractivity contribution is -0.0156. The Labute approximate surface area is 139 Å². The highest BCUT2D eigenvalue weighted by molar-refractivity contribution is 6.31. The second kappa shape index (κ2) is 6.22. The molecule has 7 heteroatoms. The summed E-state index contributed by atoms with van der Waals surface area (Å²) in [6.45, 7) is 0.927. The van der Waals surface area contributed by atoms with Crippen LogP contribution >= 0.6 is 11.6 Å². The number of nitrogens with zero attached hydrogens (tertiary/aromatic N) is 3. The summed E-state index contributed by atoms with van der Waals surface area (Å²) in [6.07, 6.45) is 2.53. The van der Waals surface area contributed by atoms with Crippen LogP contribution in [0.15, 0.2) is 36.5 Å². The standard InChI is InChI=1S/C16H19ClN4O2/c1-20-14(6-9-18-20)19-15(22)21-10-7-16(23,8-11-21)12-4-2-3-5-13(12)17/h2-6,9,23H,7-8,10-11H2,1H3,(H,19,22). The predicted molar refractivity (Wildman–Crippen MR) is 88.4 cm³/mol. The van der Waals surface area contributed by atoms with Crippen molar-refractivity contribution in [1.29, 1.82) is 0 Å². The third kappa shape index (κ3) is 3.18. The van der Waals surface area contributed by atoms with Crippen LogP contribution in [0.1, 0.15) is 18.4 Å². The molecular weight excluding hydrogens is 316 g/mol. The SMILES string of the molecule is Cn1nccc1NC(=O)N1CCC(O)(c2ccccc2Cl)CC1. The molecule has 1 aliphatic rings. The van der Waals surface area contributed by atoms with Gasteiger partial charge in [0.2, 0.25) is 0 Å². The van der Waals surface area contributed by atoms with Crippen molar-refractivity contribution in [2.24, 2.45) is 7.05 Å². The summed E-state index contributed by atoms with van der Waals surface area (Å²) in [5.74, 6) is 0.641. The van der Waals surface area contributed by atoms with Gasteiger partial charge in [-0.3, -0.25) is 10.00 Å². The number of anilines is 1. The highest BCUT2D eigenvalue weighted by atomic mass is 35.5. The van der Waals surface area contributed by atoms with Crippen LogP contribution in [0, 0.1) is 0 Å². The molecule has 23 heavy (non-hydrogen) atoms. The maximum absolute atomic E-state index is 12.3. The Morgan fingerprint density at radius 2 is 2.00 bits per heavy atom. The van der Waals surface area contributed by atoms with Crippen LogP contribution in [0.5, 0.6) is 0 Å². The zero-order valence-corrected chi connectivity index (χ0v) is 13.6. The molecule has 0 unspecified atom stereocenters. The molecule has 0 radical (unpaired) electrons. The van der Waals surface area contributed by atoms with Gasteiger partial charge in [0.1, 0.15) is 5.82 Å². The minimum atomic E-state index is -0.984. The number of carbonyl (C=O) groups excluding carboxylic acids is 1. The molecule has 0 bridgehead atoms. The number of nitrogens with one attached hydrogen (secondary N) is 1. The number of benzene rings is 1. The molecule has 1 aromatic carbocycles. The molecule has 1 saturated heterocycles. The maximum atomic E-state index is 12.3. The van der Waals surface area contributed by atoms with Gasteiger partial charge >= 0.3 is 6.03 Å². The number of hydrogen-bond acceptors (Lipinski definition) is 3. The molecule has 2 amide bonds. The van der Waals surface area contributed by atoms with Crippen molar-refractivity contribution in [3.05, 3.63) is 47.1 Å². The molecule has 0 aliphatic carbocycles. The summed E-state index contributed by atoms with van der Waals surface area (Å²) in [6, 6.07) is 8.87. The first kappa shape index (κ1) is 15.8. The Morgan fingerprint density at radius 3 is 2.61 bits per heavy atom. The van der Waals surface area contributed by atoms with E-state index in [1.807, 2.05) is 18.2 Å². The molecule has 1 aromatic heterocycles. The number of amides is 2. The number of likely N-dealkylation sites (tertiary alicyclic amines) is 1. The number of aryl methyl sites for hydroxylation is 1. The first-order valence-electron chi connectivity index (χ1n) is 7.51. The van der Waals surface area contributed by atoms with Gasteiger partial charge in [0.15, 0.2) is 0 Å². The number of urea groups is 1. The van der Waals surface area contributed by atoms with Gasteiger partial charge in [0.05, 0.1) is 11.8 Å². The minimum Gasteiger partial charge on any atom is -0.385 e. The summed E-state index contributed by atoms with van der Waals surface area (Å²) in [7, 11) is 1.77. The summed E-state index contributed by atoms with van der Waals surface area (Å²) in [4.78, 5) is 14.0. The van der Waals surface area contributed by atoms with Gasteiger partial charge in [-0.25, -0.2) is 4.79 Å². The van der Waals surface area contributed by atoms with E-state index in [1.165, 1.54) is 0 Å². The van der Waals surface area contributed by atoms with Crippen LogP contribution < -0.4 is 5.32 Å². The Kier molecular flexibility index (Phi) is 4.28. The molecule has 3 rings (SSSR count). The number of carbonyl (C=O) groups is 1. The molecule has 2 heterocycles. The van der Waals surface area contributed by atoms with Crippen LogP contribution in [0.25, 0.3) is 0 Å². The number of hydrogen-bond donors (Lipinski definition) is 2. The average molecular weight is 335 g/mol. The van der Waals surface area contributed by atoms with Gasteiger partial charge < -0.3 is 10.0 Å². The van der Waals surface area contributed by atoms with E-state index in [0.29, 0.717) is 36.8 Å². The van der Waals surface area contributed by atoms with E-state index in [0.717, 1.165) is 5.56 Å². The molecule has 0 atom stereocenters. The fraction of sp³-hybridized carbons (Fsp3) is 0.375. The molecular formula is C16H19ClN4O2. The highest BCUT2D eigenvalue weighted by Crippen LogP contribution is 2.36. The summed E-state index contributed by atoms with van der Waals surface area (Å²) >= 11 is 6.20. The van der Waals surface area contributed by atoms with Crippen LogP contribution in [-0.4, -0.2) is 38.9 Å². The topological polar surface area (TPSA) is 70.4 Å². The van der Waals surface area contributed by atoms with Gasteiger partial charge in [0.25, 0.3) is 0 Å². The van der Waals surface area contributed by atoms with E-state index >= 15 is 0 Å². The first-order valence-corrected chi connectivity index (χ1v) is 7.89. The number of halogens is 1. The van der Waals surface area contributed by atoms with Gasteiger partial charge in [-0.2, -0.15) is 5.10 Å². The van der Waals surface area contributed by atoms with Gasteiger partial charge in [0, 0.05) is 36.8 Å². The van der Waals surface area contributed by atoms with Crippen molar-refractivity contribution in [3.8, 4) is 0 Å². The lowest BCUT2D eigenvalue weighted by Crippen LogP contribution is -2.46. The fourth-order valence-electron chi connectivity index (χ4n) is 2.87. The summed E-state index contributed by atoms with van der Waals surface area (Å²) in [5, 5.41) is 18.3. The normalized spacial score (nSPS) is 17.1. The Bertz CT molecular complexity index is 708. The largest absolute Gasteiger partial charge is 0.385 e. The van der Waals surface area contributed by atoms with Crippen molar-refractivity contribution < 1.29 is 9.90 Å². The van der Waals surface area contributed by atoms with Crippen LogP contribution in [0.4, 0.5) is 10.6 Å². The molecule has 122 valence electrons.